The van der Waals surface area contributed by atoms with E-state index in [1.54, 1.807) is 11.8 Å². The molecule has 4 aromatic rings. The van der Waals surface area contributed by atoms with E-state index in [1.807, 2.05) is 54.8 Å². The van der Waals surface area contributed by atoms with E-state index in [2.05, 4.69) is 21.4 Å². The van der Waals surface area contributed by atoms with Gasteiger partial charge < -0.3 is 19.9 Å². The Bertz CT molecular complexity index is 1330. The maximum atomic E-state index is 12.6. The summed E-state index contributed by atoms with van der Waals surface area (Å²) in [5, 5.41) is 6.46. The molecule has 1 aliphatic rings. The number of aromatic nitrogens is 2. The second kappa shape index (κ2) is 8.12. The van der Waals surface area contributed by atoms with Gasteiger partial charge in [0.1, 0.15) is 5.75 Å². The molecule has 2 aromatic carbocycles. The Morgan fingerprint density at radius 1 is 1.22 bits per heavy atom. The van der Waals surface area contributed by atoms with Gasteiger partial charge in [0.15, 0.2) is 11.2 Å². The van der Waals surface area contributed by atoms with Gasteiger partial charge in [-0.1, -0.05) is 30.3 Å². The molecule has 0 bridgehead atoms. The van der Waals surface area contributed by atoms with Crippen molar-refractivity contribution in [1.29, 1.82) is 0 Å². The molecular formula is C24H22N4O3S. The van der Waals surface area contributed by atoms with E-state index < -0.39 is 6.10 Å². The van der Waals surface area contributed by atoms with Gasteiger partial charge in [-0.3, -0.25) is 9.59 Å². The number of H-pyrrole nitrogens is 1. The second-order valence-corrected chi connectivity index (χ2v) is 8.58. The van der Waals surface area contributed by atoms with Crippen molar-refractivity contribution in [2.24, 2.45) is 0 Å². The molecule has 0 fully saturated rings. The van der Waals surface area contributed by atoms with Crippen LogP contribution in [-0.2, 0) is 9.59 Å². The fourth-order valence-corrected chi connectivity index (χ4v) is 4.75. The third-order valence-electron chi connectivity index (χ3n) is 5.54. The van der Waals surface area contributed by atoms with Crippen LogP contribution in [0.3, 0.4) is 0 Å². The lowest BCUT2D eigenvalue weighted by molar-refractivity contribution is -0.125. The highest BCUT2D eigenvalue weighted by Gasteiger charge is 2.31. The topological polar surface area (TPSA) is 87.3 Å². The molecule has 162 valence electrons. The first-order valence-corrected chi connectivity index (χ1v) is 11.3. The van der Waals surface area contributed by atoms with Gasteiger partial charge in [-0.2, -0.15) is 0 Å². The van der Waals surface area contributed by atoms with Crippen LogP contribution in [0.2, 0.25) is 0 Å². The Hall–Kier alpha value is -3.65. The fraction of sp³-hybridized carbons (Fsp3) is 0.208. The molecule has 2 amide bonds. The molecule has 2 aromatic heterocycles. The zero-order chi connectivity index (χ0) is 22.2. The average Bonchev–Trinajstić information content (AvgIpc) is 3.36. The predicted molar refractivity (Wildman–Crippen MR) is 126 cm³/mol. The molecule has 8 heteroatoms. The summed E-state index contributed by atoms with van der Waals surface area (Å²) >= 11 is 1.39. The molecule has 2 N–H and O–H groups in total. The van der Waals surface area contributed by atoms with Crippen LogP contribution in [0, 0.1) is 6.92 Å². The number of ether oxygens (including phenoxy) is 1. The van der Waals surface area contributed by atoms with Crippen LogP contribution in [0.5, 0.6) is 5.75 Å². The highest BCUT2D eigenvalue weighted by molar-refractivity contribution is 7.14. The molecule has 0 spiro atoms. The summed E-state index contributed by atoms with van der Waals surface area (Å²) in [7, 11) is 0. The van der Waals surface area contributed by atoms with Crippen LogP contribution in [0.1, 0.15) is 19.0 Å². The van der Waals surface area contributed by atoms with Gasteiger partial charge in [0.2, 0.25) is 5.91 Å². The molecule has 7 nitrogen and oxygen atoms in total. The van der Waals surface area contributed by atoms with E-state index in [0.29, 0.717) is 16.6 Å². The molecule has 0 saturated heterocycles. The van der Waals surface area contributed by atoms with Crippen molar-refractivity contribution in [2.75, 3.05) is 16.8 Å². The highest BCUT2D eigenvalue weighted by Crippen LogP contribution is 2.35. The first kappa shape index (κ1) is 20.3. The number of aryl methyl sites for hydroxylation is 1. The van der Waals surface area contributed by atoms with Crippen LogP contribution in [-0.4, -0.2) is 34.4 Å². The smallest absolute Gasteiger partial charge is 0.267 e. The number of anilines is 2. The molecule has 1 atom stereocenters. The summed E-state index contributed by atoms with van der Waals surface area (Å²) in [6.07, 6.45) is -0.415. The number of hydrogen-bond donors (Lipinski definition) is 2. The van der Waals surface area contributed by atoms with Crippen molar-refractivity contribution in [3.63, 3.8) is 0 Å². The van der Waals surface area contributed by atoms with Gasteiger partial charge in [0.05, 0.1) is 11.4 Å². The Balaban J connectivity index is 1.28. The maximum Gasteiger partial charge on any atom is 0.267 e. The third-order valence-corrected chi connectivity index (χ3v) is 6.29. The van der Waals surface area contributed by atoms with Crippen molar-refractivity contribution < 1.29 is 14.3 Å². The Morgan fingerprint density at radius 2 is 2.00 bits per heavy atom. The number of benzene rings is 2. The number of nitrogens with zero attached hydrogens (tertiary/aromatic N) is 2. The summed E-state index contributed by atoms with van der Waals surface area (Å²) in [6, 6.07) is 15.5. The Morgan fingerprint density at radius 3 is 2.88 bits per heavy atom. The molecule has 1 unspecified atom stereocenters. The standard InChI is InChI=1S/C24H22N4O3S/c1-14-22(16-7-3-4-8-17(16)25-14)18-13-32-24(26-18)27-21(29)11-12-28-19-9-5-6-10-20(19)31-15(2)23(28)30/h3-10,13,15,25H,11-12H2,1-2H3,(H,26,27,29). The van der Waals surface area contributed by atoms with Crippen molar-refractivity contribution >= 4 is 44.9 Å². The SMILES string of the molecule is Cc1[nH]c2ccccc2c1-c1csc(NC(=O)CCN2C(=O)C(C)Oc3ccccc32)n1. The summed E-state index contributed by atoms with van der Waals surface area (Å²) in [6.45, 7) is 4.01. The number of para-hydroxylation sites is 3. The van der Waals surface area contributed by atoms with Gasteiger partial charge >= 0.3 is 0 Å². The molecule has 0 radical (unpaired) electrons. The summed E-state index contributed by atoms with van der Waals surface area (Å²) in [5.74, 6) is 0.312. The largest absolute Gasteiger partial charge is 0.479 e. The lowest BCUT2D eigenvalue weighted by Crippen LogP contribution is -2.45. The van der Waals surface area contributed by atoms with Gasteiger partial charge in [0.25, 0.3) is 5.91 Å². The van der Waals surface area contributed by atoms with E-state index in [4.69, 9.17) is 4.74 Å². The molecular weight excluding hydrogens is 424 g/mol. The number of fused-ring (bicyclic) bond motifs is 2. The minimum absolute atomic E-state index is 0.150. The van der Waals surface area contributed by atoms with Gasteiger partial charge in [-0.25, -0.2) is 4.98 Å². The van der Waals surface area contributed by atoms with E-state index in [-0.39, 0.29) is 24.8 Å². The third kappa shape index (κ3) is 3.62. The van der Waals surface area contributed by atoms with E-state index >= 15 is 0 Å². The van der Waals surface area contributed by atoms with E-state index in [0.717, 1.165) is 27.9 Å². The molecule has 5 rings (SSSR count). The van der Waals surface area contributed by atoms with E-state index in [1.165, 1.54) is 11.3 Å². The van der Waals surface area contributed by atoms with Crippen LogP contribution in [0.4, 0.5) is 10.8 Å². The van der Waals surface area contributed by atoms with Crippen LogP contribution < -0.4 is 15.0 Å². The maximum absolute atomic E-state index is 12.6. The van der Waals surface area contributed by atoms with Gasteiger partial charge in [-0.15, -0.1) is 11.3 Å². The van der Waals surface area contributed by atoms with Crippen molar-refractivity contribution in [1.82, 2.24) is 9.97 Å². The first-order valence-electron chi connectivity index (χ1n) is 10.4. The van der Waals surface area contributed by atoms with Gasteiger partial charge in [-0.05, 0) is 32.0 Å². The molecule has 32 heavy (non-hydrogen) atoms. The number of thiazole rings is 1. The summed E-state index contributed by atoms with van der Waals surface area (Å²) in [4.78, 5) is 34.8. The summed E-state index contributed by atoms with van der Waals surface area (Å²) < 4.78 is 5.65. The van der Waals surface area contributed by atoms with Crippen LogP contribution in [0.15, 0.2) is 53.9 Å². The lowest BCUT2D eigenvalue weighted by Gasteiger charge is -2.32. The van der Waals surface area contributed by atoms with E-state index in [9.17, 15) is 9.59 Å². The van der Waals surface area contributed by atoms with Crippen LogP contribution >= 0.6 is 11.3 Å². The summed E-state index contributed by atoms with van der Waals surface area (Å²) in [5.41, 5.74) is 4.65. The number of carbonyl (C=O) groups is 2. The van der Waals surface area contributed by atoms with Crippen molar-refractivity contribution in [3.05, 3.63) is 59.6 Å². The van der Waals surface area contributed by atoms with Crippen LogP contribution in [0.25, 0.3) is 22.2 Å². The highest BCUT2D eigenvalue weighted by atomic mass is 32.1. The lowest BCUT2D eigenvalue weighted by atomic mass is 10.1. The fourth-order valence-electron chi connectivity index (χ4n) is 4.04. The zero-order valence-electron chi connectivity index (χ0n) is 17.7. The second-order valence-electron chi connectivity index (χ2n) is 7.72. The van der Waals surface area contributed by atoms with Crippen molar-refractivity contribution in [3.8, 4) is 17.0 Å². The number of hydrogen-bond acceptors (Lipinski definition) is 5. The molecule has 0 saturated carbocycles. The first-order chi connectivity index (χ1) is 15.5. The number of aromatic amines is 1. The van der Waals surface area contributed by atoms with Crippen molar-refractivity contribution in [2.45, 2.75) is 26.4 Å². The minimum atomic E-state index is -0.575. The normalized spacial score (nSPS) is 15.5. The minimum Gasteiger partial charge on any atom is -0.479 e. The number of nitrogens with one attached hydrogen (secondary N) is 2. The Kier molecular flexibility index (Phi) is 5.14. The number of rotatable bonds is 5. The number of carbonyl (C=O) groups excluding carboxylic acids is 2. The predicted octanol–water partition coefficient (Wildman–Crippen LogP) is 4.74. The quantitative estimate of drug-likeness (QED) is 0.463. The zero-order valence-corrected chi connectivity index (χ0v) is 18.5. The molecule has 0 aliphatic carbocycles. The molecule has 1 aliphatic heterocycles. The Labute approximate surface area is 189 Å². The van der Waals surface area contributed by atoms with Gasteiger partial charge in [0, 0.05) is 40.5 Å². The average molecular weight is 447 g/mol. The molecule has 3 heterocycles. The number of amides is 2. The monoisotopic (exact) mass is 446 g/mol.